The Morgan fingerprint density at radius 2 is 1.83 bits per heavy atom. The molecule has 0 radical (unpaired) electrons. The van der Waals surface area contributed by atoms with E-state index in [1.54, 1.807) is 6.33 Å². The summed E-state index contributed by atoms with van der Waals surface area (Å²) in [4.78, 5) is 12.8. The Morgan fingerprint density at radius 1 is 1.07 bits per heavy atom. The van der Waals surface area contributed by atoms with Gasteiger partial charge < -0.3 is 13.9 Å². The van der Waals surface area contributed by atoms with E-state index >= 15 is 0 Å². The van der Waals surface area contributed by atoms with Crippen LogP contribution in [0.25, 0.3) is 11.2 Å². The Labute approximate surface area is 177 Å². The first-order valence-corrected chi connectivity index (χ1v) is 10.6. The van der Waals surface area contributed by atoms with Crippen molar-refractivity contribution in [2.45, 2.75) is 69.7 Å². The lowest BCUT2D eigenvalue weighted by atomic mass is 9.79. The molecule has 1 aliphatic rings. The van der Waals surface area contributed by atoms with Crippen molar-refractivity contribution in [3.63, 3.8) is 0 Å². The van der Waals surface area contributed by atoms with Crippen molar-refractivity contribution in [3.8, 4) is 0 Å². The van der Waals surface area contributed by atoms with Crippen LogP contribution in [0.3, 0.4) is 0 Å². The Morgan fingerprint density at radius 3 is 2.55 bits per heavy atom. The number of imidazole rings is 1. The first kappa shape index (κ1) is 20.4. The number of hydrogen-bond donors (Lipinski definition) is 1. The number of aromatic nitrogens is 4. The van der Waals surface area contributed by atoms with Crippen LogP contribution in [-0.4, -0.2) is 37.8 Å². The second kappa shape index (κ2) is 7.74. The van der Waals surface area contributed by atoms with Crippen LogP contribution in [0.4, 0.5) is 0 Å². The Bertz CT molecular complexity index is 1010. The average Bonchev–Trinajstić information content (AvgIpc) is 3.20. The lowest BCUT2D eigenvalue weighted by Gasteiger charge is -2.36. The highest BCUT2D eigenvalue weighted by Crippen LogP contribution is 2.40. The van der Waals surface area contributed by atoms with Gasteiger partial charge in [-0.1, -0.05) is 44.0 Å². The van der Waals surface area contributed by atoms with Gasteiger partial charge in [-0.3, -0.25) is 0 Å². The van der Waals surface area contributed by atoms with Gasteiger partial charge in [-0.15, -0.1) is 12.6 Å². The van der Waals surface area contributed by atoms with Crippen LogP contribution in [0.15, 0.2) is 41.9 Å². The first-order valence-electron chi connectivity index (χ1n) is 10.1. The average molecular weight is 410 g/mol. The highest BCUT2D eigenvalue weighted by atomic mass is 32.1. The van der Waals surface area contributed by atoms with Crippen LogP contribution >= 0.6 is 12.6 Å². The molecule has 2 aromatic heterocycles. The lowest BCUT2D eigenvalue weighted by molar-refractivity contribution is -0.0169. The van der Waals surface area contributed by atoms with Crippen LogP contribution < -0.4 is 5.46 Å². The lowest BCUT2D eigenvalue weighted by Crippen LogP contribution is -2.44. The molecule has 3 aromatic rings. The van der Waals surface area contributed by atoms with E-state index in [4.69, 9.17) is 9.31 Å². The SMILES string of the molecule is CCCCC1(C)OB(c2ccc(Cn3cnc4c(S)ncnc43)cc2)OC1(C)C. The summed E-state index contributed by atoms with van der Waals surface area (Å²) in [6.07, 6.45) is 6.56. The molecule has 1 saturated heterocycles. The minimum absolute atomic E-state index is 0.285. The maximum atomic E-state index is 6.41. The monoisotopic (exact) mass is 410 g/mol. The number of unbranched alkanes of at least 4 members (excludes halogenated alkanes) is 1. The number of hydrogen-bond acceptors (Lipinski definition) is 6. The third-order valence-corrected chi connectivity index (χ3v) is 6.36. The standard InChI is InChI=1S/C21H27BN4O2S/c1-5-6-11-21(4)20(2,3)27-22(28-21)16-9-7-15(8-10-16)12-26-14-25-17-18(26)23-13-24-19(17)29/h7-10,13-14H,5-6,11-12H2,1-4H3,(H,23,24,29). The molecule has 6 nitrogen and oxygen atoms in total. The van der Waals surface area contributed by atoms with Crippen molar-refractivity contribution >= 4 is 36.4 Å². The third kappa shape index (κ3) is 3.81. The zero-order chi connectivity index (χ0) is 20.6. The molecule has 1 unspecified atom stereocenters. The molecule has 1 fully saturated rings. The van der Waals surface area contributed by atoms with E-state index in [1.165, 1.54) is 6.33 Å². The minimum Gasteiger partial charge on any atom is -0.399 e. The molecule has 0 aliphatic carbocycles. The second-order valence-electron chi connectivity index (χ2n) is 8.40. The molecule has 3 heterocycles. The van der Waals surface area contributed by atoms with Crippen molar-refractivity contribution in [1.82, 2.24) is 19.5 Å². The summed E-state index contributed by atoms with van der Waals surface area (Å²) in [5, 5.41) is 0.591. The van der Waals surface area contributed by atoms with E-state index in [1.807, 2.05) is 4.57 Å². The number of thiol groups is 1. The third-order valence-electron chi connectivity index (χ3n) is 6.04. The molecule has 29 heavy (non-hydrogen) atoms. The summed E-state index contributed by atoms with van der Waals surface area (Å²) >= 11 is 4.35. The van der Waals surface area contributed by atoms with Crippen molar-refractivity contribution in [2.75, 3.05) is 0 Å². The van der Waals surface area contributed by atoms with Gasteiger partial charge in [0.25, 0.3) is 0 Å². The van der Waals surface area contributed by atoms with Crippen molar-refractivity contribution in [2.24, 2.45) is 0 Å². The van der Waals surface area contributed by atoms with Gasteiger partial charge in [0.05, 0.1) is 24.1 Å². The maximum absolute atomic E-state index is 6.41. The largest absolute Gasteiger partial charge is 0.494 e. The normalized spacial score (nSPS) is 21.2. The maximum Gasteiger partial charge on any atom is 0.494 e. The smallest absolute Gasteiger partial charge is 0.399 e. The van der Waals surface area contributed by atoms with Crippen molar-refractivity contribution in [3.05, 3.63) is 42.5 Å². The summed E-state index contributed by atoms with van der Waals surface area (Å²) < 4.78 is 14.7. The van der Waals surface area contributed by atoms with Gasteiger partial charge in [0, 0.05) is 0 Å². The van der Waals surface area contributed by atoms with Gasteiger partial charge in [-0.05, 0) is 38.2 Å². The van der Waals surface area contributed by atoms with Crippen molar-refractivity contribution < 1.29 is 9.31 Å². The van der Waals surface area contributed by atoms with Crippen LogP contribution in [0, 0.1) is 0 Å². The zero-order valence-electron chi connectivity index (χ0n) is 17.4. The van der Waals surface area contributed by atoms with Gasteiger partial charge >= 0.3 is 7.12 Å². The quantitative estimate of drug-likeness (QED) is 0.382. The van der Waals surface area contributed by atoms with Crippen LogP contribution in [0.1, 0.15) is 52.5 Å². The zero-order valence-corrected chi connectivity index (χ0v) is 18.3. The summed E-state index contributed by atoms with van der Waals surface area (Å²) in [5.74, 6) is 0. The van der Waals surface area contributed by atoms with Crippen LogP contribution in [-0.2, 0) is 15.9 Å². The molecule has 1 aliphatic heterocycles. The van der Waals surface area contributed by atoms with Crippen LogP contribution in [0.5, 0.6) is 0 Å². The molecule has 4 rings (SSSR count). The molecule has 1 atom stereocenters. The number of fused-ring (bicyclic) bond motifs is 1. The van der Waals surface area contributed by atoms with Gasteiger partial charge in [0.1, 0.15) is 16.9 Å². The molecule has 0 amide bonds. The van der Waals surface area contributed by atoms with E-state index in [0.29, 0.717) is 17.1 Å². The molecule has 1 aromatic carbocycles. The topological polar surface area (TPSA) is 62.1 Å². The number of benzene rings is 1. The van der Waals surface area contributed by atoms with Crippen LogP contribution in [0.2, 0.25) is 0 Å². The summed E-state index contributed by atoms with van der Waals surface area (Å²) in [6, 6.07) is 8.37. The van der Waals surface area contributed by atoms with E-state index in [-0.39, 0.29) is 18.3 Å². The van der Waals surface area contributed by atoms with Gasteiger partial charge in [0.15, 0.2) is 5.65 Å². The van der Waals surface area contributed by atoms with E-state index in [0.717, 1.165) is 35.9 Å². The molecule has 152 valence electrons. The predicted octanol–water partition coefficient (Wildman–Crippen LogP) is 3.63. The molecule has 0 bridgehead atoms. The van der Waals surface area contributed by atoms with E-state index in [9.17, 15) is 0 Å². The summed E-state index contributed by atoms with van der Waals surface area (Å²) in [6.45, 7) is 9.29. The second-order valence-corrected chi connectivity index (χ2v) is 8.82. The van der Waals surface area contributed by atoms with Crippen molar-refractivity contribution in [1.29, 1.82) is 0 Å². The first-order chi connectivity index (χ1) is 13.8. The Kier molecular flexibility index (Phi) is 5.44. The predicted molar refractivity (Wildman–Crippen MR) is 118 cm³/mol. The van der Waals surface area contributed by atoms with E-state index < -0.39 is 0 Å². The Balaban J connectivity index is 1.50. The molecular formula is C21H27BN4O2S. The fourth-order valence-electron chi connectivity index (χ4n) is 3.77. The summed E-state index contributed by atoms with van der Waals surface area (Å²) in [5.41, 5.74) is 3.08. The minimum atomic E-state index is -0.338. The van der Waals surface area contributed by atoms with Gasteiger partial charge in [-0.2, -0.15) is 0 Å². The highest BCUT2D eigenvalue weighted by Gasteiger charge is 2.53. The van der Waals surface area contributed by atoms with Gasteiger partial charge in [-0.25, -0.2) is 15.0 Å². The highest BCUT2D eigenvalue weighted by molar-refractivity contribution is 7.80. The number of rotatable bonds is 6. The summed E-state index contributed by atoms with van der Waals surface area (Å²) in [7, 11) is -0.338. The fourth-order valence-corrected chi connectivity index (χ4v) is 3.97. The molecule has 0 saturated carbocycles. The van der Waals surface area contributed by atoms with E-state index in [2.05, 4.69) is 79.5 Å². The number of nitrogens with zero attached hydrogens (tertiary/aromatic N) is 4. The Hall–Kier alpha value is -1.90. The molecule has 8 heteroatoms. The van der Waals surface area contributed by atoms with Gasteiger partial charge in [0.2, 0.25) is 0 Å². The fraction of sp³-hybridized carbons (Fsp3) is 0.476. The molecule has 0 N–H and O–H groups in total. The molecular weight excluding hydrogens is 383 g/mol. The molecule has 0 spiro atoms.